The molecule has 1 aliphatic carbocycles. The monoisotopic (exact) mass is 235 g/mol. The normalized spacial score (nSPS) is 27.6. The van der Waals surface area contributed by atoms with Crippen LogP contribution in [0.15, 0.2) is 0 Å². The lowest BCUT2D eigenvalue weighted by molar-refractivity contribution is 0.109. The second-order valence-electron chi connectivity index (χ2n) is 6.33. The molecule has 0 aliphatic heterocycles. The van der Waals surface area contributed by atoms with E-state index in [1.165, 1.54) is 38.6 Å². The van der Waals surface area contributed by atoms with Gasteiger partial charge in [0.05, 0.1) is 0 Å². The zero-order chi connectivity index (χ0) is 12.7. The molecule has 98 valence electrons. The van der Waals surface area contributed by atoms with E-state index in [1.54, 1.807) is 0 Å². The fourth-order valence-electron chi connectivity index (χ4n) is 3.19. The summed E-state index contributed by atoms with van der Waals surface area (Å²) in [6.07, 6.45) is 13.0. The highest BCUT2D eigenvalue weighted by Gasteiger charge is 2.33. The molecule has 17 heavy (non-hydrogen) atoms. The fraction of sp³-hybridized carbons (Fsp3) is 0.875. The molecule has 2 unspecified atom stereocenters. The van der Waals surface area contributed by atoms with Gasteiger partial charge in [-0.15, -0.1) is 12.3 Å². The molecule has 1 aliphatic rings. The van der Waals surface area contributed by atoms with Gasteiger partial charge in [0.1, 0.15) is 0 Å². The number of hydrogen-bond acceptors (Lipinski definition) is 1. The quantitative estimate of drug-likeness (QED) is 0.545. The van der Waals surface area contributed by atoms with Crippen LogP contribution in [0.1, 0.15) is 59.3 Å². The minimum Gasteiger partial charge on any atom is -0.317 e. The van der Waals surface area contributed by atoms with Gasteiger partial charge in [-0.2, -0.15) is 0 Å². The van der Waals surface area contributed by atoms with E-state index in [9.17, 15) is 0 Å². The van der Waals surface area contributed by atoms with Crippen molar-refractivity contribution in [2.45, 2.75) is 59.3 Å². The molecule has 1 nitrogen and oxygen atoms in total. The van der Waals surface area contributed by atoms with Crippen molar-refractivity contribution >= 4 is 0 Å². The van der Waals surface area contributed by atoms with Crippen LogP contribution in [0, 0.1) is 29.6 Å². The van der Waals surface area contributed by atoms with E-state index in [4.69, 9.17) is 6.42 Å². The van der Waals surface area contributed by atoms with Crippen molar-refractivity contribution in [3.05, 3.63) is 0 Å². The fourth-order valence-corrected chi connectivity index (χ4v) is 3.19. The number of hydrogen-bond donors (Lipinski definition) is 1. The van der Waals surface area contributed by atoms with Gasteiger partial charge in [-0.05, 0) is 62.4 Å². The van der Waals surface area contributed by atoms with Crippen molar-refractivity contribution in [2.24, 2.45) is 17.3 Å². The maximum Gasteiger partial charge on any atom is 0.00861 e. The lowest BCUT2D eigenvalue weighted by Gasteiger charge is -2.41. The van der Waals surface area contributed by atoms with Crippen LogP contribution in [0.3, 0.4) is 0 Å². The predicted molar refractivity (Wildman–Crippen MR) is 75.8 cm³/mol. The van der Waals surface area contributed by atoms with Crippen molar-refractivity contribution in [3.63, 3.8) is 0 Å². The van der Waals surface area contributed by atoms with Crippen molar-refractivity contribution in [2.75, 3.05) is 13.1 Å². The molecule has 0 bridgehead atoms. The van der Waals surface area contributed by atoms with Gasteiger partial charge in [0, 0.05) is 6.42 Å². The van der Waals surface area contributed by atoms with Gasteiger partial charge in [-0.25, -0.2) is 0 Å². The maximum absolute atomic E-state index is 5.35. The summed E-state index contributed by atoms with van der Waals surface area (Å²) in [4.78, 5) is 0. The summed E-state index contributed by atoms with van der Waals surface area (Å²) < 4.78 is 0. The van der Waals surface area contributed by atoms with Crippen LogP contribution in [0.25, 0.3) is 0 Å². The molecule has 0 aromatic carbocycles. The highest BCUT2D eigenvalue weighted by molar-refractivity contribution is 4.88. The molecule has 0 radical (unpaired) electrons. The summed E-state index contributed by atoms with van der Waals surface area (Å²) in [7, 11) is 0. The molecule has 0 amide bonds. The molecule has 0 heterocycles. The summed E-state index contributed by atoms with van der Waals surface area (Å²) in [5.41, 5.74) is 0.545. The molecular formula is C16H29N. The van der Waals surface area contributed by atoms with Gasteiger partial charge in [-0.1, -0.05) is 20.8 Å². The molecule has 0 aromatic rings. The van der Waals surface area contributed by atoms with E-state index in [-0.39, 0.29) is 0 Å². The topological polar surface area (TPSA) is 12.0 Å². The summed E-state index contributed by atoms with van der Waals surface area (Å²) >= 11 is 0. The van der Waals surface area contributed by atoms with Crippen molar-refractivity contribution in [1.82, 2.24) is 5.32 Å². The van der Waals surface area contributed by atoms with Crippen LogP contribution in [0.2, 0.25) is 0 Å². The van der Waals surface area contributed by atoms with Crippen molar-refractivity contribution < 1.29 is 0 Å². The van der Waals surface area contributed by atoms with Gasteiger partial charge in [0.2, 0.25) is 0 Å². The van der Waals surface area contributed by atoms with E-state index in [0.29, 0.717) is 5.41 Å². The lowest BCUT2D eigenvalue weighted by Crippen LogP contribution is -2.36. The van der Waals surface area contributed by atoms with Crippen LogP contribution < -0.4 is 5.32 Å². The third-order valence-electron chi connectivity index (χ3n) is 4.23. The highest BCUT2D eigenvalue weighted by Crippen LogP contribution is 2.43. The number of unbranched alkanes of at least 4 members (excludes halogenated alkanes) is 1. The van der Waals surface area contributed by atoms with E-state index < -0.39 is 0 Å². The zero-order valence-electron chi connectivity index (χ0n) is 11.9. The lowest BCUT2D eigenvalue weighted by atomic mass is 9.66. The van der Waals surface area contributed by atoms with Crippen LogP contribution in [-0.2, 0) is 0 Å². The molecule has 2 atom stereocenters. The molecule has 0 saturated heterocycles. The molecular weight excluding hydrogens is 206 g/mol. The first kappa shape index (κ1) is 14.6. The smallest absolute Gasteiger partial charge is 0.00861 e. The van der Waals surface area contributed by atoms with Gasteiger partial charge < -0.3 is 5.32 Å². The largest absolute Gasteiger partial charge is 0.317 e. The molecule has 1 fully saturated rings. The Hall–Kier alpha value is -0.480. The molecule has 0 spiro atoms. The second-order valence-corrected chi connectivity index (χ2v) is 6.33. The minimum atomic E-state index is 0.545. The predicted octanol–water partition coefficient (Wildman–Crippen LogP) is 3.84. The first-order chi connectivity index (χ1) is 8.09. The van der Waals surface area contributed by atoms with Gasteiger partial charge >= 0.3 is 0 Å². The van der Waals surface area contributed by atoms with E-state index in [1.807, 2.05) is 0 Å². The minimum absolute atomic E-state index is 0.545. The van der Waals surface area contributed by atoms with Gasteiger partial charge in [-0.3, -0.25) is 0 Å². The molecule has 1 heteroatoms. The van der Waals surface area contributed by atoms with Crippen LogP contribution in [0.4, 0.5) is 0 Å². The first-order valence-corrected chi connectivity index (χ1v) is 7.23. The Morgan fingerprint density at radius 2 is 2.12 bits per heavy atom. The van der Waals surface area contributed by atoms with E-state index in [2.05, 4.69) is 32.0 Å². The summed E-state index contributed by atoms with van der Waals surface area (Å²) in [5.74, 6) is 4.53. The summed E-state index contributed by atoms with van der Waals surface area (Å²) in [6.45, 7) is 9.33. The Morgan fingerprint density at radius 1 is 1.35 bits per heavy atom. The van der Waals surface area contributed by atoms with E-state index >= 15 is 0 Å². The molecule has 1 rings (SSSR count). The maximum atomic E-state index is 5.35. The Morgan fingerprint density at radius 3 is 2.76 bits per heavy atom. The third kappa shape index (κ3) is 5.13. The summed E-state index contributed by atoms with van der Waals surface area (Å²) in [5, 5.41) is 3.53. The first-order valence-electron chi connectivity index (χ1n) is 7.23. The number of rotatable bonds is 6. The Labute approximate surface area is 108 Å². The molecule has 1 saturated carbocycles. The van der Waals surface area contributed by atoms with Crippen LogP contribution in [-0.4, -0.2) is 13.1 Å². The average Bonchev–Trinajstić information content (AvgIpc) is 2.27. The Bertz CT molecular complexity index is 249. The molecule has 1 N–H and O–H groups in total. The zero-order valence-corrected chi connectivity index (χ0v) is 11.9. The highest BCUT2D eigenvalue weighted by atomic mass is 14.8. The van der Waals surface area contributed by atoms with Crippen molar-refractivity contribution in [3.8, 4) is 12.3 Å². The van der Waals surface area contributed by atoms with Gasteiger partial charge in [0.25, 0.3) is 0 Å². The third-order valence-corrected chi connectivity index (χ3v) is 4.23. The average molecular weight is 235 g/mol. The van der Waals surface area contributed by atoms with Crippen LogP contribution >= 0.6 is 0 Å². The van der Waals surface area contributed by atoms with E-state index in [0.717, 1.165) is 24.8 Å². The molecule has 0 aromatic heterocycles. The number of nitrogens with one attached hydrogen (secondary N) is 1. The second kappa shape index (κ2) is 7.07. The van der Waals surface area contributed by atoms with Gasteiger partial charge in [0.15, 0.2) is 0 Å². The Kier molecular flexibility index (Phi) is 6.06. The summed E-state index contributed by atoms with van der Waals surface area (Å²) in [6, 6.07) is 0. The standard InChI is InChI=1S/C16H29N/c1-5-7-8-9-14-12-16(3,4)11-10-15(14)13-17-6-2/h1,14-15,17H,6-13H2,2-4H3. The van der Waals surface area contributed by atoms with Crippen molar-refractivity contribution in [1.29, 1.82) is 0 Å². The number of terminal acetylenes is 1. The SMILES string of the molecule is C#CCCCC1CC(C)(C)CCC1CNCC. The van der Waals surface area contributed by atoms with Crippen LogP contribution in [0.5, 0.6) is 0 Å². The Balaban J connectivity index is 2.46.